The van der Waals surface area contributed by atoms with Gasteiger partial charge in [0.15, 0.2) is 18.2 Å². The number of aryl methyl sites for hydroxylation is 1. The van der Waals surface area contributed by atoms with E-state index in [1.165, 1.54) is 18.2 Å². The molecule has 0 radical (unpaired) electrons. The summed E-state index contributed by atoms with van der Waals surface area (Å²) in [4.78, 5) is 24.3. The first-order valence-electron chi connectivity index (χ1n) is 8.63. The zero-order valence-electron chi connectivity index (χ0n) is 15.6. The van der Waals surface area contributed by atoms with Crippen LogP contribution in [0.15, 0.2) is 48.5 Å². The van der Waals surface area contributed by atoms with Crippen LogP contribution in [0.1, 0.15) is 21.7 Å². The fourth-order valence-electron chi connectivity index (χ4n) is 2.94. The van der Waals surface area contributed by atoms with E-state index in [9.17, 15) is 22.8 Å². The lowest BCUT2D eigenvalue weighted by Gasteiger charge is -2.10. The van der Waals surface area contributed by atoms with E-state index in [0.29, 0.717) is 11.4 Å². The van der Waals surface area contributed by atoms with Crippen LogP contribution < -0.4 is 5.32 Å². The molecule has 1 aromatic heterocycles. The van der Waals surface area contributed by atoms with Gasteiger partial charge in [-0.2, -0.15) is 0 Å². The molecular weight excluding hydrogens is 385 g/mol. The normalized spacial score (nSPS) is 10.7. The zero-order valence-corrected chi connectivity index (χ0v) is 15.6. The quantitative estimate of drug-likeness (QED) is 0.647. The summed E-state index contributed by atoms with van der Waals surface area (Å²) in [5.74, 6) is -3.93. The molecule has 5 nitrogen and oxygen atoms in total. The number of hydrogen-bond acceptors (Lipinski definition) is 3. The number of carbonyl (C=O) groups is 2. The van der Waals surface area contributed by atoms with Crippen LogP contribution in [-0.4, -0.2) is 23.1 Å². The van der Waals surface area contributed by atoms with Crippen molar-refractivity contribution in [2.45, 2.75) is 13.8 Å². The number of anilines is 1. The molecule has 0 fully saturated rings. The van der Waals surface area contributed by atoms with E-state index in [2.05, 4.69) is 5.32 Å². The lowest BCUT2D eigenvalue weighted by molar-refractivity contribution is -0.119. The summed E-state index contributed by atoms with van der Waals surface area (Å²) >= 11 is 0. The van der Waals surface area contributed by atoms with Crippen molar-refractivity contribution in [1.29, 1.82) is 0 Å². The second kappa shape index (κ2) is 8.22. The van der Waals surface area contributed by atoms with Gasteiger partial charge in [0.25, 0.3) is 5.91 Å². The Morgan fingerprint density at radius 3 is 2.31 bits per heavy atom. The van der Waals surface area contributed by atoms with Crippen LogP contribution in [0.25, 0.3) is 5.69 Å². The molecule has 0 aliphatic heterocycles. The molecular formula is C21H17F3N2O3. The number of rotatable bonds is 5. The highest BCUT2D eigenvalue weighted by Gasteiger charge is 2.19. The summed E-state index contributed by atoms with van der Waals surface area (Å²) in [6.07, 6.45) is 0. The number of hydrogen-bond donors (Lipinski definition) is 1. The third-order valence-electron chi connectivity index (χ3n) is 4.27. The molecule has 1 N–H and O–H groups in total. The summed E-state index contributed by atoms with van der Waals surface area (Å²) in [7, 11) is 0. The fraction of sp³-hybridized carbons (Fsp3) is 0.143. The molecule has 2 aromatic carbocycles. The number of aromatic nitrogens is 1. The Kier molecular flexibility index (Phi) is 5.72. The second-order valence-electron chi connectivity index (χ2n) is 6.35. The highest BCUT2D eigenvalue weighted by Crippen LogP contribution is 2.22. The molecule has 0 bridgehead atoms. The standard InChI is InChI=1S/C21H17F3N2O3/c1-12-9-17(13(2)26(12)16-6-3-14(22)4-7-16)21(28)29-11-20(27)25-15-5-8-18(23)19(24)10-15/h3-10H,11H2,1-2H3,(H,25,27). The van der Waals surface area contributed by atoms with Gasteiger partial charge >= 0.3 is 5.97 Å². The topological polar surface area (TPSA) is 60.3 Å². The molecule has 3 rings (SSSR count). The summed E-state index contributed by atoms with van der Waals surface area (Å²) in [6.45, 7) is 2.88. The monoisotopic (exact) mass is 402 g/mol. The maximum absolute atomic E-state index is 13.2. The second-order valence-corrected chi connectivity index (χ2v) is 6.35. The molecule has 0 aliphatic carbocycles. The number of ether oxygens (including phenoxy) is 1. The van der Waals surface area contributed by atoms with Crippen LogP contribution in [-0.2, 0) is 9.53 Å². The molecule has 3 aromatic rings. The molecule has 8 heteroatoms. The predicted octanol–water partition coefficient (Wildman–Crippen LogP) is 4.31. The van der Waals surface area contributed by atoms with Gasteiger partial charge in [-0.15, -0.1) is 0 Å². The average Bonchev–Trinajstić information content (AvgIpc) is 2.98. The maximum atomic E-state index is 13.2. The van der Waals surface area contributed by atoms with E-state index >= 15 is 0 Å². The van der Waals surface area contributed by atoms with Crippen molar-refractivity contribution in [3.8, 4) is 5.69 Å². The number of nitrogens with zero attached hydrogens (tertiary/aromatic N) is 1. The van der Waals surface area contributed by atoms with Crippen LogP contribution in [0.4, 0.5) is 18.9 Å². The minimum absolute atomic E-state index is 0.0411. The van der Waals surface area contributed by atoms with Crippen molar-refractivity contribution >= 4 is 17.6 Å². The molecule has 0 saturated carbocycles. The highest BCUT2D eigenvalue weighted by atomic mass is 19.2. The third-order valence-corrected chi connectivity index (χ3v) is 4.27. The number of nitrogens with one attached hydrogen (secondary N) is 1. The maximum Gasteiger partial charge on any atom is 0.340 e. The molecule has 0 saturated heterocycles. The van der Waals surface area contributed by atoms with Crippen molar-refractivity contribution in [3.05, 3.63) is 82.9 Å². The Morgan fingerprint density at radius 1 is 0.966 bits per heavy atom. The first-order valence-corrected chi connectivity index (χ1v) is 8.63. The molecule has 0 spiro atoms. The van der Waals surface area contributed by atoms with E-state index in [-0.39, 0.29) is 17.1 Å². The summed E-state index contributed by atoms with van der Waals surface area (Å²) in [5, 5.41) is 2.32. The van der Waals surface area contributed by atoms with Gasteiger partial charge in [-0.25, -0.2) is 18.0 Å². The van der Waals surface area contributed by atoms with Gasteiger partial charge in [0.2, 0.25) is 0 Å². The van der Waals surface area contributed by atoms with Crippen LogP contribution in [0.2, 0.25) is 0 Å². The average molecular weight is 402 g/mol. The van der Waals surface area contributed by atoms with E-state index in [4.69, 9.17) is 4.74 Å². The molecule has 1 heterocycles. The Balaban J connectivity index is 1.68. The highest BCUT2D eigenvalue weighted by molar-refractivity contribution is 5.96. The smallest absolute Gasteiger partial charge is 0.340 e. The SMILES string of the molecule is Cc1cc(C(=O)OCC(=O)Nc2ccc(F)c(F)c2)c(C)n1-c1ccc(F)cc1. The van der Waals surface area contributed by atoms with Crippen LogP contribution in [0.5, 0.6) is 0 Å². The van der Waals surface area contributed by atoms with E-state index in [1.54, 1.807) is 36.6 Å². The Bertz CT molecular complexity index is 1080. The van der Waals surface area contributed by atoms with Crippen molar-refractivity contribution < 1.29 is 27.5 Å². The van der Waals surface area contributed by atoms with Crippen LogP contribution in [0.3, 0.4) is 0 Å². The molecule has 0 unspecified atom stereocenters. The number of esters is 1. The van der Waals surface area contributed by atoms with Gasteiger partial charge < -0.3 is 14.6 Å². The summed E-state index contributed by atoms with van der Waals surface area (Å²) in [6, 6.07) is 10.3. The first-order chi connectivity index (χ1) is 13.8. The van der Waals surface area contributed by atoms with Gasteiger partial charge in [-0.3, -0.25) is 4.79 Å². The number of amides is 1. The Labute approximate surface area is 164 Å². The third kappa shape index (κ3) is 4.48. The van der Waals surface area contributed by atoms with Gasteiger partial charge in [0.05, 0.1) is 5.56 Å². The van der Waals surface area contributed by atoms with Crippen molar-refractivity contribution in [2.24, 2.45) is 0 Å². The molecule has 150 valence electrons. The fourth-order valence-corrected chi connectivity index (χ4v) is 2.94. The lowest BCUT2D eigenvalue weighted by atomic mass is 10.2. The molecule has 0 aliphatic rings. The predicted molar refractivity (Wildman–Crippen MR) is 100 cm³/mol. The summed E-state index contributed by atoms with van der Waals surface area (Å²) in [5.41, 5.74) is 2.27. The molecule has 1 amide bonds. The number of benzene rings is 2. The Morgan fingerprint density at radius 2 is 1.66 bits per heavy atom. The molecule has 29 heavy (non-hydrogen) atoms. The largest absolute Gasteiger partial charge is 0.452 e. The minimum atomic E-state index is -1.10. The minimum Gasteiger partial charge on any atom is -0.452 e. The van der Waals surface area contributed by atoms with E-state index < -0.39 is 30.1 Å². The van der Waals surface area contributed by atoms with Gasteiger partial charge in [-0.05, 0) is 56.3 Å². The number of carbonyl (C=O) groups excluding carboxylic acids is 2. The summed E-state index contributed by atoms with van der Waals surface area (Å²) < 4.78 is 46.0. The van der Waals surface area contributed by atoms with Crippen molar-refractivity contribution in [1.82, 2.24) is 4.57 Å². The Hall–Kier alpha value is -3.55. The van der Waals surface area contributed by atoms with Gasteiger partial charge in [0, 0.05) is 28.8 Å². The van der Waals surface area contributed by atoms with Crippen molar-refractivity contribution in [3.63, 3.8) is 0 Å². The zero-order chi connectivity index (χ0) is 21.1. The van der Waals surface area contributed by atoms with Crippen molar-refractivity contribution in [2.75, 3.05) is 11.9 Å². The van der Waals surface area contributed by atoms with E-state index in [0.717, 1.165) is 17.8 Å². The van der Waals surface area contributed by atoms with Gasteiger partial charge in [-0.1, -0.05) is 0 Å². The van der Waals surface area contributed by atoms with E-state index in [1.807, 2.05) is 0 Å². The van der Waals surface area contributed by atoms with Gasteiger partial charge in [0.1, 0.15) is 5.82 Å². The first kappa shape index (κ1) is 20.2. The van der Waals surface area contributed by atoms with Crippen LogP contribution >= 0.6 is 0 Å². The lowest BCUT2D eigenvalue weighted by Crippen LogP contribution is -2.21. The molecule has 0 atom stereocenters. The number of halogens is 3. The van der Waals surface area contributed by atoms with Crippen LogP contribution in [0, 0.1) is 31.3 Å².